The Labute approximate surface area is 124 Å². The van der Waals surface area contributed by atoms with E-state index in [9.17, 15) is 13.2 Å². The molecule has 0 unspecified atom stereocenters. The van der Waals surface area contributed by atoms with Crippen LogP contribution in [0.3, 0.4) is 0 Å². The van der Waals surface area contributed by atoms with Gasteiger partial charge in [-0.15, -0.1) is 0 Å². The average Bonchev–Trinajstić information content (AvgIpc) is 3.09. The highest BCUT2D eigenvalue weighted by atomic mass is 32.2. The maximum atomic E-state index is 12.3. The SMILES string of the molecule is CNC(=O)c1cc(S(=O)(=O)NCC2(CCO)CC2)cn1C. The van der Waals surface area contributed by atoms with Crippen LogP contribution in [0, 0.1) is 5.41 Å². The lowest BCUT2D eigenvalue weighted by molar-refractivity contribution is 0.0955. The van der Waals surface area contributed by atoms with E-state index >= 15 is 0 Å². The van der Waals surface area contributed by atoms with Gasteiger partial charge < -0.3 is 15.0 Å². The van der Waals surface area contributed by atoms with E-state index in [0.29, 0.717) is 13.0 Å². The predicted molar refractivity (Wildman–Crippen MR) is 77.4 cm³/mol. The minimum absolute atomic E-state index is 0.0634. The van der Waals surface area contributed by atoms with Crippen molar-refractivity contribution in [3.8, 4) is 0 Å². The van der Waals surface area contributed by atoms with Gasteiger partial charge in [0.1, 0.15) is 10.6 Å². The molecule has 1 saturated carbocycles. The van der Waals surface area contributed by atoms with Gasteiger partial charge in [0.25, 0.3) is 5.91 Å². The third-order valence-electron chi connectivity index (χ3n) is 3.99. The fourth-order valence-corrected chi connectivity index (χ4v) is 3.52. The maximum Gasteiger partial charge on any atom is 0.267 e. The summed E-state index contributed by atoms with van der Waals surface area (Å²) in [6.45, 7) is 0.383. The zero-order valence-corrected chi connectivity index (χ0v) is 13.0. The normalized spacial score (nSPS) is 16.7. The molecule has 7 nitrogen and oxygen atoms in total. The highest BCUT2D eigenvalue weighted by Gasteiger charge is 2.42. The predicted octanol–water partition coefficient (Wildman–Crippen LogP) is -0.174. The third kappa shape index (κ3) is 3.45. The van der Waals surface area contributed by atoms with E-state index in [2.05, 4.69) is 10.0 Å². The minimum atomic E-state index is -3.65. The summed E-state index contributed by atoms with van der Waals surface area (Å²) in [6, 6.07) is 1.35. The van der Waals surface area contributed by atoms with Crippen LogP contribution in [0.25, 0.3) is 0 Å². The Hall–Kier alpha value is -1.38. The summed E-state index contributed by atoms with van der Waals surface area (Å²) in [5.41, 5.74) is 0.189. The second-order valence-corrected chi connectivity index (χ2v) is 7.32. The lowest BCUT2D eigenvalue weighted by Gasteiger charge is -2.14. The molecule has 1 fully saturated rings. The van der Waals surface area contributed by atoms with E-state index in [1.807, 2.05) is 0 Å². The monoisotopic (exact) mass is 315 g/mol. The number of aromatic nitrogens is 1. The van der Waals surface area contributed by atoms with Gasteiger partial charge in [-0.3, -0.25) is 4.79 Å². The van der Waals surface area contributed by atoms with Gasteiger partial charge >= 0.3 is 0 Å². The van der Waals surface area contributed by atoms with Crippen molar-refractivity contribution in [2.75, 3.05) is 20.2 Å². The van der Waals surface area contributed by atoms with Crippen molar-refractivity contribution in [2.45, 2.75) is 24.2 Å². The van der Waals surface area contributed by atoms with Crippen LogP contribution in [-0.4, -0.2) is 44.2 Å². The highest BCUT2D eigenvalue weighted by molar-refractivity contribution is 7.89. The number of hydrogen-bond donors (Lipinski definition) is 3. The molecule has 1 amide bonds. The molecular weight excluding hydrogens is 294 g/mol. The first kappa shape index (κ1) is 16.0. The zero-order chi connectivity index (χ0) is 15.7. The van der Waals surface area contributed by atoms with Crippen molar-refractivity contribution in [3.63, 3.8) is 0 Å². The number of nitrogens with zero attached hydrogens (tertiary/aromatic N) is 1. The van der Waals surface area contributed by atoms with Crippen molar-refractivity contribution >= 4 is 15.9 Å². The number of aryl methyl sites for hydroxylation is 1. The van der Waals surface area contributed by atoms with E-state index in [0.717, 1.165) is 12.8 Å². The van der Waals surface area contributed by atoms with Crippen molar-refractivity contribution < 1.29 is 18.3 Å². The zero-order valence-electron chi connectivity index (χ0n) is 12.2. The van der Waals surface area contributed by atoms with Crippen molar-refractivity contribution in [1.82, 2.24) is 14.6 Å². The third-order valence-corrected chi connectivity index (χ3v) is 5.35. The number of nitrogens with one attached hydrogen (secondary N) is 2. The number of sulfonamides is 1. The molecule has 3 N–H and O–H groups in total. The summed E-state index contributed by atoms with van der Waals surface area (Å²) < 4.78 is 28.6. The molecule has 1 aromatic heterocycles. The van der Waals surface area contributed by atoms with Gasteiger partial charge in [-0.1, -0.05) is 0 Å². The summed E-state index contributed by atoms with van der Waals surface area (Å²) in [5, 5.41) is 11.5. The van der Waals surface area contributed by atoms with E-state index < -0.39 is 10.0 Å². The second kappa shape index (κ2) is 5.78. The summed E-state index contributed by atoms with van der Waals surface area (Å²) in [5.74, 6) is -0.335. The Morgan fingerprint density at radius 3 is 2.67 bits per heavy atom. The van der Waals surface area contributed by atoms with Gasteiger partial charge in [0.05, 0.1) is 0 Å². The summed E-state index contributed by atoms with van der Waals surface area (Å²) in [4.78, 5) is 11.7. The topological polar surface area (TPSA) is 100 Å². The standard InChI is InChI=1S/C13H21N3O4S/c1-14-12(18)11-7-10(8-16(11)2)21(19,20)15-9-13(3-4-13)5-6-17/h7-8,15,17H,3-6,9H2,1-2H3,(H,14,18). The molecule has 1 aliphatic rings. The van der Waals surface area contributed by atoms with Crippen molar-refractivity contribution in [1.29, 1.82) is 0 Å². The number of carbonyl (C=O) groups is 1. The molecule has 8 heteroatoms. The average molecular weight is 315 g/mol. The number of amides is 1. The molecule has 0 aromatic carbocycles. The smallest absolute Gasteiger partial charge is 0.267 e. The van der Waals surface area contributed by atoms with Crippen LogP contribution in [0.1, 0.15) is 29.8 Å². The number of aliphatic hydroxyl groups is 1. The van der Waals surface area contributed by atoms with Crippen LogP contribution in [-0.2, 0) is 17.1 Å². The van der Waals surface area contributed by atoms with Crippen LogP contribution in [0.4, 0.5) is 0 Å². The Kier molecular flexibility index (Phi) is 4.40. The molecule has 21 heavy (non-hydrogen) atoms. The van der Waals surface area contributed by atoms with E-state index in [-0.39, 0.29) is 28.5 Å². The Morgan fingerprint density at radius 1 is 1.48 bits per heavy atom. The van der Waals surface area contributed by atoms with Gasteiger partial charge in [0, 0.05) is 33.4 Å². The molecule has 1 aliphatic carbocycles. The Balaban J connectivity index is 2.11. The van der Waals surface area contributed by atoms with Gasteiger partial charge in [0.15, 0.2) is 0 Å². The van der Waals surface area contributed by atoms with Crippen LogP contribution in [0.5, 0.6) is 0 Å². The summed E-state index contributed by atoms with van der Waals surface area (Å²) >= 11 is 0. The first-order valence-corrected chi connectivity index (χ1v) is 8.31. The van der Waals surface area contributed by atoms with E-state index in [1.54, 1.807) is 7.05 Å². The largest absolute Gasteiger partial charge is 0.396 e. The van der Waals surface area contributed by atoms with Gasteiger partial charge in [-0.2, -0.15) is 0 Å². The fourth-order valence-electron chi connectivity index (χ4n) is 2.30. The molecule has 0 aliphatic heterocycles. The molecule has 118 valence electrons. The Bertz CT molecular complexity index is 632. The molecule has 0 bridgehead atoms. The number of aliphatic hydroxyl groups excluding tert-OH is 1. The van der Waals surface area contributed by atoms with Gasteiger partial charge in [-0.25, -0.2) is 13.1 Å². The molecule has 0 atom stereocenters. The lowest BCUT2D eigenvalue weighted by Crippen LogP contribution is -2.30. The van der Waals surface area contributed by atoms with E-state index in [1.165, 1.54) is 23.9 Å². The first-order chi connectivity index (χ1) is 9.83. The van der Waals surface area contributed by atoms with Crippen molar-refractivity contribution in [2.24, 2.45) is 12.5 Å². The van der Waals surface area contributed by atoms with Crippen LogP contribution in [0.2, 0.25) is 0 Å². The molecule has 0 saturated heterocycles. The Morgan fingerprint density at radius 2 is 2.14 bits per heavy atom. The quantitative estimate of drug-likeness (QED) is 0.650. The van der Waals surface area contributed by atoms with Gasteiger partial charge in [0.2, 0.25) is 10.0 Å². The molecular formula is C13H21N3O4S. The van der Waals surface area contributed by atoms with Crippen LogP contribution >= 0.6 is 0 Å². The first-order valence-electron chi connectivity index (χ1n) is 6.82. The van der Waals surface area contributed by atoms with Crippen molar-refractivity contribution in [3.05, 3.63) is 18.0 Å². The highest BCUT2D eigenvalue weighted by Crippen LogP contribution is 2.48. The van der Waals surface area contributed by atoms with Gasteiger partial charge in [-0.05, 0) is 30.7 Å². The number of hydrogen-bond acceptors (Lipinski definition) is 4. The molecule has 1 heterocycles. The number of rotatable bonds is 7. The molecule has 1 aromatic rings. The number of carbonyl (C=O) groups excluding carboxylic acids is 1. The fraction of sp³-hybridized carbons (Fsp3) is 0.615. The second-order valence-electron chi connectivity index (χ2n) is 5.55. The van der Waals surface area contributed by atoms with Crippen LogP contribution < -0.4 is 10.0 Å². The molecule has 0 spiro atoms. The summed E-state index contributed by atoms with van der Waals surface area (Å²) in [7, 11) is -0.531. The molecule has 2 rings (SSSR count). The molecule has 0 radical (unpaired) electrons. The van der Waals surface area contributed by atoms with Crippen LogP contribution in [0.15, 0.2) is 17.2 Å². The lowest BCUT2D eigenvalue weighted by atomic mass is 10.0. The maximum absolute atomic E-state index is 12.3. The summed E-state index contributed by atoms with van der Waals surface area (Å²) in [6.07, 6.45) is 3.87. The van der Waals surface area contributed by atoms with E-state index in [4.69, 9.17) is 5.11 Å². The minimum Gasteiger partial charge on any atom is -0.396 e.